The molecular weight excluding hydrogens is 246 g/mol. The summed E-state index contributed by atoms with van der Waals surface area (Å²) in [6.07, 6.45) is 0. The molecule has 0 unspecified atom stereocenters. The van der Waals surface area contributed by atoms with E-state index in [2.05, 4.69) is 11.1 Å². The second kappa shape index (κ2) is 4.14. The predicted molar refractivity (Wildman–Crippen MR) is 73.9 cm³/mol. The molecule has 18 heavy (non-hydrogen) atoms. The zero-order valence-electron chi connectivity index (χ0n) is 10.2. The molecule has 0 aliphatic rings. The van der Waals surface area contributed by atoms with Crippen molar-refractivity contribution in [3.63, 3.8) is 0 Å². The molecule has 90 valence electrons. The Kier molecular flexibility index (Phi) is 2.60. The molecule has 0 atom stereocenters. The first-order valence-electron chi connectivity index (χ1n) is 5.77. The van der Waals surface area contributed by atoms with E-state index in [4.69, 9.17) is 16.0 Å². The summed E-state index contributed by atoms with van der Waals surface area (Å²) in [6, 6.07) is 11.6. The number of hydrogen-bond donors (Lipinski definition) is 0. The van der Waals surface area contributed by atoms with Crippen LogP contribution in [0.15, 0.2) is 40.8 Å². The molecule has 0 saturated heterocycles. The molecule has 0 bridgehead atoms. The van der Waals surface area contributed by atoms with E-state index >= 15 is 0 Å². The van der Waals surface area contributed by atoms with Gasteiger partial charge in [0.2, 0.25) is 5.89 Å². The lowest BCUT2D eigenvalue weighted by Crippen LogP contribution is -1.79. The maximum Gasteiger partial charge on any atom is 0.227 e. The molecule has 2 aromatic carbocycles. The Morgan fingerprint density at radius 3 is 2.72 bits per heavy atom. The Morgan fingerprint density at radius 2 is 1.94 bits per heavy atom. The normalized spacial score (nSPS) is 11.1. The average Bonchev–Trinajstić information content (AvgIpc) is 2.73. The van der Waals surface area contributed by atoms with Crippen LogP contribution in [0.5, 0.6) is 0 Å². The zero-order valence-corrected chi connectivity index (χ0v) is 11.0. The largest absolute Gasteiger partial charge is 0.436 e. The standard InChI is InChI=1S/C15H12ClNO/c1-9-6-10(2)14-13(7-9)18-15(17-14)11-4-3-5-12(16)8-11/h3-8H,1-2H3. The van der Waals surface area contributed by atoms with E-state index < -0.39 is 0 Å². The van der Waals surface area contributed by atoms with E-state index in [1.165, 1.54) is 5.56 Å². The minimum absolute atomic E-state index is 0.612. The zero-order chi connectivity index (χ0) is 12.7. The summed E-state index contributed by atoms with van der Waals surface area (Å²) in [7, 11) is 0. The van der Waals surface area contributed by atoms with Gasteiger partial charge in [0.15, 0.2) is 5.58 Å². The highest BCUT2D eigenvalue weighted by molar-refractivity contribution is 6.30. The van der Waals surface area contributed by atoms with Gasteiger partial charge in [-0.25, -0.2) is 4.98 Å². The third-order valence-electron chi connectivity index (χ3n) is 2.90. The summed E-state index contributed by atoms with van der Waals surface area (Å²) in [5.74, 6) is 0.612. The fraction of sp³-hybridized carbons (Fsp3) is 0.133. The average molecular weight is 258 g/mol. The van der Waals surface area contributed by atoms with Crippen LogP contribution in [-0.2, 0) is 0 Å². The van der Waals surface area contributed by atoms with E-state index in [1.54, 1.807) is 0 Å². The number of hydrogen-bond acceptors (Lipinski definition) is 2. The molecule has 0 saturated carbocycles. The molecule has 0 fully saturated rings. The molecule has 3 heteroatoms. The number of aromatic nitrogens is 1. The molecule has 3 rings (SSSR count). The topological polar surface area (TPSA) is 26.0 Å². The number of aryl methyl sites for hydroxylation is 2. The molecule has 3 aromatic rings. The number of fused-ring (bicyclic) bond motifs is 1. The summed E-state index contributed by atoms with van der Waals surface area (Å²) >= 11 is 5.98. The molecule has 1 heterocycles. The highest BCUT2D eigenvalue weighted by Gasteiger charge is 2.10. The van der Waals surface area contributed by atoms with E-state index in [9.17, 15) is 0 Å². The first-order valence-corrected chi connectivity index (χ1v) is 6.15. The second-order valence-corrected chi connectivity index (χ2v) is 4.89. The van der Waals surface area contributed by atoms with Crippen molar-refractivity contribution in [3.8, 4) is 11.5 Å². The van der Waals surface area contributed by atoms with E-state index in [1.807, 2.05) is 44.2 Å². The van der Waals surface area contributed by atoms with Crippen LogP contribution in [0.2, 0.25) is 5.02 Å². The predicted octanol–water partition coefficient (Wildman–Crippen LogP) is 4.77. The monoisotopic (exact) mass is 257 g/mol. The van der Waals surface area contributed by atoms with Crippen LogP contribution in [0, 0.1) is 13.8 Å². The Bertz CT molecular complexity index is 730. The second-order valence-electron chi connectivity index (χ2n) is 4.46. The highest BCUT2D eigenvalue weighted by atomic mass is 35.5. The summed E-state index contributed by atoms with van der Waals surface area (Å²) < 4.78 is 5.80. The van der Waals surface area contributed by atoms with Crippen molar-refractivity contribution in [1.29, 1.82) is 0 Å². The number of rotatable bonds is 1. The Morgan fingerprint density at radius 1 is 1.11 bits per heavy atom. The molecule has 2 nitrogen and oxygen atoms in total. The summed E-state index contributed by atoms with van der Waals surface area (Å²) in [5.41, 5.74) is 4.93. The van der Waals surface area contributed by atoms with E-state index in [0.29, 0.717) is 10.9 Å². The van der Waals surface area contributed by atoms with Crippen LogP contribution in [0.4, 0.5) is 0 Å². The van der Waals surface area contributed by atoms with Gasteiger partial charge in [0.25, 0.3) is 0 Å². The van der Waals surface area contributed by atoms with Crippen LogP contribution in [0.1, 0.15) is 11.1 Å². The molecule has 0 aliphatic carbocycles. The van der Waals surface area contributed by atoms with Crippen molar-refractivity contribution >= 4 is 22.7 Å². The maximum atomic E-state index is 5.98. The molecule has 0 aliphatic heterocycles. The van der Waals surface area contributed by atoms with Gasteiger partial charge in [0.1, 0.15) is 5.52 Å². The van der Waals surface area contributed by atoms with E-state index in [-0.39, 0.29) is 0 Å². The molecule has 0 spiro atoms. The van der Waals surface area contributed by atoms with Crippen LogP contribution < -0.4 is 0 Å². The minimum atomic E-state index is 0.612. The first-order chi connectivity index (χ1) is 8.63. The van der Waals surface area contributed by atoms with Crippen molar-refractivity contribution in [1.82, 2.24) is 4.98 Å². The van der Waals surface area contributed by atoms with Crippen molar-refractivity contribution in [2.24, 2.45) is 0 Å². The van der Waals surface area contributed by atoms with Crippen LogP contribution in [0.3, 0.4) is 0 Å². The van der Waals surface area contributed by atoms with Gasteiger partial charge in [-0.1, -0.05) is 23.7 Å². The van der Waals surface area contributed by atoms with Crippen LogP contribution in [0.25, 0.3) is 22.6 Å². The lowest BCUT2D eigenvalue weighted by atomic mass is 10.1. The molecule has 0 radical (unpaired) electrons. The fourth-order valence-corrected chi connectivity index (χ4v) is 2.31. The van der Waals surface area contributed by atoms with Crippen molar-refractivity contribution in [2.75, 3.05) is 0 Å². The van der Waals surface area contributed by atoms with Crippen molar-refractivity contribution in [3.05, 3.63) is 52.5 Å². The number of halogens is 1. The van der Waals surface area contributed by atoms with Crippen LogP contribution >= 0.6 is 11.6 Å². The molecule has 0 amide bonds. The quantitative estimate of drug-likeness (QED) is 0.628. The van der Waals surface area contributed by atoms with Gasteiger partial charge in [-0.15, -0.1) is 0 Å². The first kappa shape index (κ1) is 11.3. The Labute approximate surface area is 110 Å². The lowest BCUT2D eigenvalue weighted by Gasteiger charge is -1.94. The molecule has 0 N–H and O–H groups in total. The fourth-order valence-electron chi connectivity index (χ4n) is 2.12. The minimum Gasteiger partial charge on any atom is -0.436 e. The van der Waals surface area contributed by atoms with Gasteiger partial charge in [0, 0.05) is 10.6 Å². The smallest absolute Gasteiger partial charge is 0.227 e. The van der Waals surface area contributed by atoms with Gasteiger partial charge in [-0.2, -0.15) is 0 Å². The third kappa shape index (κ3) is 1.89. The Hall–Kier alpha value is -1.80. The lowest BCUT2D eigenvalue weighted by molar-refractivity contribution is 0.619. The van der Waals surface area contributed by atoms with Crippen molar-refractivity contribution < 1.29 is 4.42 Å². The Balaban J connectivity index is 2.22. The number of oxazole rings is 1. The van der Waals surface area contributed by atoms with Gasteiger partial charge in [0.05, 0.1) is 0 Å². The van der Waals surface area contributed by atoms with E-state index in [0.717, 1.165) is 22.2 Å². The highest BCUT2D eigenvalue weighted by Crippen LogP contribution is 2.28. The maximum absolute atomic E-state index is 5.98. The van der Waals surface area contributed by atoms with Crippen LogP contribution in [-0.4, -0.2) is 4.98 Å². The summed E-state index contributed by atoms with van der Waals surface area (Å²) in [4.78, 5) is 4.54. The third-order valence-corrected chi connectivity index (χ3v) is 3.14. The van der Waals surface area contributed by atoms with Gasteiger partial charge < -0.3 is 4.42 Å². The summed E-state index contributed by atoms with van der Waals surface area (Å²) in [6.45, 7) is 4.09. The SMILES string of the molecule is Cc1cc(C)c2nc(-c3cccc(Cl)c3)oc2c1. The number of nitrogens with zero attached hydrogens (tertiary/aromatic N) is 1. The van der Waals surface area contributed by atoms with Crippen molar-refractivity contribution in [2.45, 2.75) is 13.8 Å². The van der Waals surface area contributed by atoms with Gasteiger partial charge in [-0.05, 0) is 49.2 Å². The van der Waals surface area contributed by atoms with Gasteiger partial charge in [-0.3, -0.25) is 0 Å². The number of benzene rings is 2. The summed E-state index contributed by atoms with van der Waals surface area (Å²) in [5, 5.41) is 0.683. The molecular formula is C15H12ClNO. The van der Waals surface area contributed by atoms with Gasteiger partial charge >= 0.3 is 0 Å². The molecule has 1 aromatic heterocycles.